The molecule has 1 amide bonds. The van der Waals surface area contributed by atoms with Crippen LogP contribution in [-0.2, 0) is 4.79 Å². The molecule has 15 heavy (non-hydrogen) atoms. The minimum Gasteiger partial charge on any atom is -0.355 e. The van der Waals surface area contributed by atoms with Crippen LogP contribution >= 0.6 is 0 Å². The molecule has 1 N–H and O–H groups in total. The van der Waals surface area contributed by atoms with Crippen LogP contribution in [0, 0.1) is 6.92 Å². The summed E-state index contributed by atoms with van der Waals surface area (Å²) in [4.78, 5) is 11.2. The molecule has 2 heteroatoms. The smallest absolute Gasteiger partial charge is 0.220 e. The van der Waals surface area contributed by atoms with E-state index in [2.05, 4.69) is 36.5 Å². The van der Waals surface area contributed by atoms with Crippen molar-refractivity contribution < 1.29 is 4.79 Å². The van der Waals surface area contributed by atoms with E-state index in [0.717, 1.165) is 19.4 Å². The van der Waals surface area contributed by atoms with Crippen molar-refractivity contribution in [2.45, 2.75) is 32.1 Å². The Kier molecular flexibility index (Phi) is 3.05. The van der Waals surface area contributed by atoms with Gasteiger partial charge in [-0.05, 0) is 25.3 Å². The van der Waals surface area contributed by atoms with Gasteiger partial charge in [-0.15, -0.1) is 0 Å². The SMILES string of the molecule is Cc1ccc([C@@H]2CCCC(=O)NC2)cc1. The lowest BCUT2D eigenvalue weighted by Gasteiger charge is -2.14. The minimum absolute atomic E-state index is 0.199. The van der Waals surface area contributed by atoms with E-state index < -0.39 is 0 Å². The number of hydrogen-bond acceptors (Lipinski definition) is 1. The highest BCUT2D eigenvalue weighted by Gasteiger charge is 2.16. The highest BCUT2D eigenvalue weighted by Crippen LogP contribution is 2.23. The summed E-state index contributed by atoms with van der Waals surface area (Å²) in [5, 5.41) is 2.97. The zero-order valence-electron chi connectivity index (χ0n) is 9.12. The van der Waals surface area contributed by atoms with E-state index in [1.807, 2.05) is 0 Å². The maximum absolute atomic E-state index is 11.2. The molecule has 1 atom stereocenters. The molecule has 0 aromatic heterocycles. The van der Waals surface area contributed by atoms with Crippen molar-refractivity contribution in [2.24, 2.45) is 0 Å². The average molecular weight is 203 g/mol. The van der Waals surface area contributed by atoms with Crippen LogP contribution in [0.1, 0.15) is 36.3 Å². The Morgan fingerprint density at radius 1 is 1.27 bits per heavy atom. The number of hydrogen-bond donors (Lipinski definition) is 1. The highest BCUT2D eigenvalue weighted by atomic mass is 16.1. The van der Waals surface area contributed by atoms with Crippen LogP contribution in [0.5, 0.6) is 0 Å². The molecule has 0 bridgehead atoms. The summed E-state index contributed by atoms with van der Waals surface area (Å²) in [6.45, 7) is 2.89. The van der Waals surface area contributed by atoms with Gasteiger partial charge >= 0.3 is 0 Å². The number of nitrogens with one attached hydrogen (secondary N) is 1. The lowest BCUT2D eigenvalue weighted by atomic mass is 9.94. The maximum Gasteiger partial charge on any atom is 0.220 e. The van der Waals surface area contributed by atoms with Gasteiger partial charge in [0, 0.05) is 18.9 Å². The molecule has 2 rings (SSSR count). The molecule has 0 radical (unpaired) electrons. The zero-order chi connectivity index (χ0) is 10.7. The molecule has 1 heterocycles. The van der Waals surface area contributed by atoms with Gasteiger partial charge in [-0.1, -0.05) is 29.8 Å². The molecule has 2 nitrogen and oxygen atoms in total. The van der Waals surface area contributed by atoms with Crippen molar-refractivity contribution >= 4 is 5.91 Å². The van der Waals surface area contributed by atoms with Crippen molar-refractivity contribution in [1.82, 2.24) is 5.32 Å². The van der Waals surface area contributed by atoms with Gasteiger partial charge in [-0.2, -0.15) is 0 Å². The number of carbonyl (C=O) groups is 1. The average Bonchev–Trinajstić information content (AvgIpc) is 2.44. The molecule has 1 aromatic rings. The first kappa shape index (κ1) is 10.2. The Morgan fingerprint density at radius 2 is 2.00 bits per heavy atom. The molecular weight excluding hydrogens is 186 g/mol. The number of rotatable bonds is 1. The van der Waals surface area contributed by atoms with Crippen LogP contribution < -0.4 is 5.32 Å². The fraction of sp³-hybridized carbons (Fsp3) is 0.462. The lowest BCUT2D eigenvalue weighted by Crippen LogP contribution is -2.24. The fourth-order valence-electron chi connectivity index (χ4n) is 2.06. The second-order valence-corrected chi connectivity index (χ2v) is 4.30. The van der Waals surface area contributed by atoms with E-state index in [1.54, 1.807) is 0 Å². The first-order chi connectivity index (χ1) is 7.25. The van der Waals surface area contributed by atoms with Crippen LogP contribution in [0.25, 0.3) is 0 Å². The van der Waals surface area contributed by atoms with Crippen LogP contribution in [0.15, 0.2) is 24.3 Å². The van der Waals surface area contributed by atoms with Crippen molar-refractivity contribution in [3.63, 3.8) is 0 Å². The molecule has 1 fully saturated rings. The topological polar surface area (TPSA) is 29.1 Å². The minimum atomic E-state index is 0.199. The zero-order valence-corrected chi connectivity index (χ0v) is 9.12. The van der Waals surface area contributed by atoms with Crippen LogP contribution in [-0.4, -0.2) is 12.5 Å². The molecule has 0 aliphatic carbocycles. The van der Waals surface area contributed by atoms with Crippen molar-refractivity contribution in [2.75, 3.05) is 6.54 Å². The van der Waals surface area contributed by atoms with E-state index in [-0.39, 0.29) is 5.91 Å². The maximum atomic E-state index is 11.2. The van der Waals surface area contributed by atoms with Gasteiger partial charge in [0.25, 0.3) is 0 Å². The summed E-state index contributed by atoms with van der Waals surface area (Å²) in [5.74, 6) is 0.696. The first-order valence-corrected chi connectivity index (χ1v) is 5.59. The second-order valence-electron chi connectivity index (χ2n) is 4.30. The number of amides is 1. The third-order valence-corrected chi connectivity index (χ3v) is 3.05. The van der Waals surface area contributed by atoms with Gasteiger partial charge in [0.1, 0.15) is 0 Å². The third-order valence-electron chi connectivity index (χ3n) is 3.05. The number of aryl methyl sites for hydroxylation is 1. The Labute approximate surface area is 90.7 Å². The van der Waals surface area contributed by atoms with Gasteiger partial charge in [0.15, 0.2) is 0 Å². The third kappa shape index (κ3) is 2.58. The monoisotopic (exact) mass is 203 g/mol. The predicted octanol–water partition coefficient (Wildman–Crippen LogP) is 2.38. The van der Waals surface area contributed by atoms with Gasteiger partial charge < -0.3 is 5.32 Å². The summed E-state index contributed by atoms with van der Waals surface area (Å²) in [6, 6.07) is 8.64. The quantitative estimate of drug-likeness (QED) is 0.746. The lowest BCUT2D eigenvalue weighted by molar-refractivity contribution is -0.120. The fourth-order valence-corrected chi connectivity index (χ4v) is 2.06. The molecule has 0 unspecified atom stereocenters. The van der Waals surface area contributed by atoms with Gasteiger partial charge in [-0.3, -0.25) is 4.79 Å². The molecule has 1 aliphatic heterocycles. The molecule has 0 saturated carbocycles. The Balaban J connectivity index is 2.09. The molecular formula is C13H17NO. The Morgan fingerprint density at radius 3 is 2.73 bits per heavy atom. The molecule has 1 aromatic carbocycles. The second kappa shape index (κ2) is 4.47. The predicted molar refractivity (Wildman–Crippen MR) is 60.8 cm³/mol. The van der Waals surface area contributed by atoms with E-state index in [1.165, 1.54) is 11.1 Å². The highest BCUT2D eigenvalue weighted by molar-refractivity contribution is 5.76. The van der Waals surface area contributed by atoms with E-state index >= 15 is 0 Å². The number of benzene rings is 1. The largest absolute Gasteiger partial charge is 0.355 e. The van der Waals surface area contributed by atoms with Crippen molar-refractivity contribution in [1.29, 1.82) is 0 Å². The number of carbonyl (C=O) groups excluding carboxylic acids is 1. The first-order valence-electron chi connectivity index (χ1n) is 5.59. The van der Waals surface area contributed by atoms with E-state index in [4.69, 9.17) is 0 Å². The van der Waals surface area contributed by atoms with E-state index in [9.17, 15) is 4.79 Å². The Bertz CT molecular complexity index is 342. The normalized spacial score (nSPS) is 21.9. The standard InChI is InChI=1S/C13H17NO/c1-10-5-7-11(8-6-10)12-3-2-4-13(15)14-9-12/h5-8,12H,2-4,9H2,1H3,(H,14,15)/t12-/m1/s1. The van der Waals surface area contributed by atoms with Gasteiger partial charge in [-0.25, -0.2) is 0 Å². The van der Waals surface area contributed by atoms with E-state index in [0.29, 0.717) is 12.3 Å². The van der Waals surface area contributed by atoms with Crippen LogP contribution in [0.3, 0.4) is 0 Å². The molecule has 1 aliphatic rings. The summed E-state index contributed by atoms with van der Waals surface area (Å²) in [5.41, 5.74) is 2.64. The molecule has 80 valence electrons. The molecule has 1 saturated heterocycles. The van der Waals surface area contributed by atoms with Crippen LogP contribution in [0.4, 0.5) is 0 Å². The van der Waals surface area contributed by atoms with Crippen LogP contribution in [0.2, 0.25) is 0 Å². The van der Waals surface area contributed by atoms with Crippen molar-refractivity contribution in [3.8, 4) is 0 Å². The summed E-state index contributed by atoms with van der Waals surface area (Å²) in [6.07, 6.45) is 2.80. The van der Waals surface area contributed by atoms with Gasteiger partial charge in [0.2, 0.25) is 5.91 Å². The summed E-state index contributed by atoms with van der Waals surface area (Å²) < 4.78 is 0. The Hall–Kier alpha value is -1.31. The van der Waals surface area contributed by atoms with Crippen molar-refractivity contribution in [3.05, 3.63) is 35.4 Å². The van der Waals surface area contributed by atoms with Gasteiger partial charge in [0.05, 0.1) is 0 Å². The summed E-state index contributed by atoms with van der Waals surface area (Å²) in [7, 11) is 0. The molecule has 0 spiro atoms. The summed E-state index contributed by atoms with van der Waals surface area (Å²) >= 11 is 0.